The first kappa shape index (κ1) is 22.2. The molecule has 4 nitrogen and oxygen atoms in total. The topological polar surface area (TPSA) is 52.6 Å². The van der Waals surface area contributed by atoms with E-state index in [2.05, 4.69) is 13.8 Å². The van der Waals surface area contributed by atoms with Gasteiger partial charge in [-0.05, 0) is 61.8 Å². The van der Waals surface area contributed by atoms with E-state index in [-0.39, 0.29) is 28.2 Å². The van der Waals surface area contributed by atoms with Crippen molar-refractivity contribution >= 4 is 11.9 Å². The van der Waals surface area contributed by atoms with Gasteiger partial charge >= 0.3 is 11.9 Å². The first-order valence-corrected chi connectivity index (χ1v) is 12.4. The van der Waals surface area contributed by atoms with Gasteiger partial charge in [0.2, 0.25) is 0 Å². The minimum absolute atomic E-state index is 0.134. The average Bonchev–Trinajstić information content (AvgIpc) is 2.84. The lowest BCUT2D eigenvalue weighted by molar-refractivity contribution is -0.258. The van der Waals surface area contributed by atoms with Crippen LogP contribution in [0.3, 0.4) is 0 Å². The minimum atomic E-state index is -0.455. The van der Waals surface area contributed by atoms with Crippen LogP contribution in [0.5, 0.6) is 0 Å². The fraction of sp³-hybridized carbons (Fsp3) is 0.517. The van der Waals surface area contributed by atoms with Crippen LogP contribution < -0.4 is 0 Å². The Morgan fingerprint density at radius 1 is 0.697 bits per heavy atom. The number of fused-ring (bicyclic) bond motifs is 2. The van der Waals surface area contributed by atoms with Crippen LogP contribution in [0.2, 0.25) is 0 Å². The maximum atomic E-state index is 13.2. The Hall–Kier alpha value is -2.62. The molecule has 4 atom stereocenters. The highest BCUT2D eigenvalue weighted by Crippen LogP contribution is 2.70. The summed E-state index contributed by atoms with van der Waals surface area (Å²) in [6.07, 6.45) is 8.15. The fourth-order valence-electron chi connectivity index (χ4n) is 7.15. The Bertz CT molecular complexity index is 1010. The number of rotatable bonds is 4. The zero-order valence-corrected chi connectivity index (χ0v) is 19.7. The van der Waals surface area contributed by atoms with Crippen molar-refractivity contribution in [3.63, 3.8) is 0 Å². The molecule has 33 heavy (non-hydrogen) atoms. The molecule has 0 saturated heterocycles. The van der Waals surface area contributed by atoms with E-state index in [1.807, 2.05) is 36.4 Å². The highest BCUT2D eigenvalue weighted by molar-refractivity contribution is 5.90. The molecule has 4 saturated carbocycles. The predicted octanol–water partition coefficient (Wildman–Crippen LogP) is 6.60. The Morgan fingerprint density at radius 2 is 1.21 bits per heavy atom. The van der Waals surface area contributed by atoms with Gasteiger partial charge in [-0.3, -0.25) is 0 Å². The Labute approximate surface area is 196 Å². The second kappa shape index (κ2) is 8.30. The van der Waals surface area contributed by atoms with E-state index >= 15 is 0 Å². The van der Waals surface area contributed by atoms with Gasteiger partial charge < -0.3 is 9.47 Å². The van der Waals surface area contributed by atoms with Gasteiger partial charge in [0, 0.05) is 10.8 Å². The quantitative estimate of drug-likeness (QED) is 0.497. The Balaban J connectivity index is 1.52. The molecule has 1 spiro atoms. The van der Waals surface area contributed by atoms with E-state index in [0.717, 1.165) is 32.1 Å². The third kappa shape index (κ3) is 3.68. The standard InChI is InChI=1S/C29H34O4/c1-27-18-19-28(2,29(20-27)16-10-5-11-17-29)24(33-26(31)22-14-8-4-9-15-22)23(27)32-25(30)21-12-6-3-7-13-21/h3-4,6-9,12-15,23-24H,5,10-11,16-20H2,1-2H3. The molecule has 4 aliphatic rings. The summed E-state index contributed by atoms with van der Waals surface area (Å²) in [5.41, 5.74) is 0.792. The summed E-state index contributed by atoms with van der Waals surface area (Å²) in [5, 5.41) is 0. The second-order valence-electron chi connectivity index (χ2n) is 11.0. The van der Waals surface area contributed by atoms with E-state index in [4.69, 9.17) is 9.47 Å². The van der Waals surface area contributed by atoms with Crippen molar-refractivity contribution in [2.75, 3.05) is 0 Å². The van der Waals surface area contributed by atoms with Crippen LogP contribution in [-0.4, -0.2) is 24.1 Å². The molecule has 4 unspecified atom stereocenters. The van der Waals surface area contributed by atoms with E-state index in [1.54, 1.807) is 24.3 Å². The molecule has 4 aliphatic carbocycles. The lowest BCUT2D eigenvalue weighted by atomic mass is 9.39. The highest BCUT2D eigenvalue weighted by atomic mass is 16.6. The molecule has 174 valence electrons. The van der Waals surface area contributed by atoms with Crippen LogP contribution >= 0.6 is 0 Å². The minimum Gasteiger partial charge on any atom is -0.454 e. The number of esters is 2. The molecular weight excluding hydrogens is 412 g/mol. The average molecular weight is 447 g/mol. The molecule has 0 N–H and O–H groups in total. The van der Waals surface area contributed by atoms with Crippen LogP contribution in [0.25, 0.3) is 0 Å². The fourth-order valence-corrected chi connectivity index (χ4v) is 7.15. The second-order valence-corrected chi connectivity index (χ2v) is 11.0. The molecule has 0 amide bonds. The van der Waals surface area contributed by atoms with Crippen molar-refractivity contribution in [3.05, 3.63) is 71.8 Å². The number of carbonyl (C=O) groups excluding carboxylic acids is 2. The molecule has 0 heterocycles. The van der Waals surface area contributed by atoms with Gasteiger partial charge in [0.15, 0.2) is 0 Å². The van der Waals surface area contributed by atoms with Gasteiger partial charge in [0.05, 0.1) is 11.1 Å². The van der Waals surface area contributed by atoms with Crippen LogP contribution in [0, 0.1) is 16.2 Å². The van der Waals surface area contributed by atoms with Crippen molar-refractivity contribution in [1.29, 1.82) is 0 Å². The number of carbonyl (C=O) groups is 2. The molecular formula is C29H34O4. The number of hydrogen-bond acceptors (Lipinski definition) is 4. The van der Waals surface area contributed by atoms with Gasteiger partial charge in [0.1, 0.15) is 12.2 Å². The molecule has 2 bridgehead atoms. The zero-order valence-electron chi connectivity index (χ0n) is 19.7. The van der Waals surface area contributed by atoms with Crippen LogP contribution in [-0.2, 0) is 9.47 Å². The van der Waals surface area contributed by atoms with Crippen molar-refractivity contribution in [3.8, 4) is 0 Å². The molecule has 6 rings (SSSR count). The molecule has 2 aromatic rings. The summed E-state index contributed by atoms with van der Waals surface area (Å²) in [4.78, 5) is 26.4. The highest BCUT2D eigenvalue weighted by Gasteiger charge is 2.69. The van der Waals surface area contributed by atoms with Crippen molar-refractivity contribution < 1.29 is 19.1 Å². The monoisotopic (exact) mass is 446 g/mol. The van der Waals surface area contributed by atoms with E-state index in [0.29, 0.717) is 11.1 Å². The molecule has 0 aromatic heterocycles. The SMILES string of the molecule is CC12CCC(C)(C(OC(=O)c3ccccc3)C1OC(=O)c1ccccc1)C1(CCCCC1)C2. The maximum Gasteiger partial charge on any atom is 0.338 e. The van der Waals surface area contributed by atoms with Gasteiger partial charge in [0.25, 0.3) is 0 Å². The third-order valence-electron chi connectivity index (χ3n) is 9.06. The Kier molecular flexibility index (Phi) is 5.58. The summed E-state index contributed by atoms with van der Waals surface area (Å²) in [5.74, 6) is -0.666. The lowest BCUT2D eigenvalue weighted by Crippen LogP contribution is -2.69. The molecule has 4 heteroatoms. The smallest absolute Gasteiger partial charge is 0.338 e. The summed E-state index contributed by atoms with van der Waals surface area (Å²) < 4.78 is 12.6. The molecule has 0 aliphatic heterocycles. The van der Waals surface area contributed by atoms with E-state index in [9.17, 15) is 9.59 Å². The number of ether oxygens (including phenoxy) is 2. The Morgan fingerprint density at radius 3 is 1.76 bits per heavy atom. The first-order valence-electron chi connectivity index (χ1n) is 12.4. The predicted molar refractivity (Wildman–Crippen MR) is 127 cm³/mol. The number of hydrogen-bond donors (Lipinski definition) is 0. The van der Waals surface area contributed by atoms with E-state index in [1.165, 1.54) is 19.3 Å². The summed E-state index contributed by atoms with van der Waals surface area (Å²) in [6, 6.07) is 18.3. The van der Waals surface area contributed by atoms with E-state index < -0.39 is 12.2 Å². The van der Waals surface area contributed by atoms with Crippen LogP contribution in [0.4, 0.5) is 0 Å². The van der Waals surface area contributed by atoms with Gasteiger partial charge in [-0.2, -0.15) is 0 Å². The molecule has 0 radical (unpaired) electrons. The summed E-state index contributed by atoms with van der Waals surface area (Å²) in [6.45, 7) is 4.54. The first-order chi connectivity index (χ1) is 15.9. The maximum absolute atomic E-state index is 13.2. The molecule has 4 fully saturated rings. The van der Waals surface area contributed by atoms with Crippen LogP contribution in [0.15, 0.2) is 60.7 Å². The van der Waals surface area contributed by atoms with Gasteiger partial charge in [-0.1, -0.05) is 69.5 Å². The van der Waals surface area contributed by atoms with Gasteiger partial charge in [-0.25, -0.2) is 9.59 Å². The van der Waals surface area contributed by atoms with Crippen molar-refractivity contribution in [2.24, 2.45) is 16.2 Å². The summed E-state index contributed by atoms with van der Waals surface area (Å²) in [7, 11) is 0. The van der Waals surface area contributed by atoms with Crippen molar-refractivity contribution in [2.45, 2.75) is 77.4 Å². The third-order valence-corrected chi connectivity index (χ3v) is 9.06. The normalized spacial score (nSPS) is 32.3. The van der Waals surface area contributed by atoms with Crippen LogP contribution in [0.1, 0.15) is 85.9 Å². The number of benzene rings is 2. The zero-order chi connectivity index (χ0) is 23.1. The molecule has 2 aromatic carbocycles. The van der Waals surface area contributed by atoms with Crippen molar-refractivity contribution in [1.82, 2.24) is 0 Å². The summed E-state index contributed by atoms with van der Waals surface area (Å²) >= 11 is 0. The lowest BCUT2D eigenvalue weighted by Gasteiger charge is -2.68. The largest absolute Gasteiger partial charge is 0.454 e. The van der Waals surface area contributed by atoms with Gasteiger partial charge in [-0.15, -0.1) is 0 Å².